The molecule has 24 heavy (non-hydrogen) atoms. The number of rotatable bonds is 4. The molecule has 0 radical (unpaired) electrons. The molecule has 2 aromatic carbocycles. The van der Waals surface area contributed by atoms with Crippen LogP contribution in [0.4, 0.5) is 0 Å². The highest BCUT2D eigenvalue weighted by molar-refractivity contribution is 5.93. The number of benzene rings is 2. The molecule has 1 amide bonds. The molecule has 3 aromatic rings. The van der Waals surface area contributed by atoms with Crippen LogP contribution in [-0.4, -0.2) is 25.0 Å². The average Bonchev–Trinajstić information content (AvgIpc) is 2.61. The molecule has 0 aliphatic heterocycles. The molecule has 0 saturated heterocycles. The maximum absolute atomic E-state index is 12.6. The van der Waals surface area contributed by atoms with E-state index in [4.69, 9.17) is 9.15 Å². The van der Waals surface area contributed by atoms with Gasteiger partial charge in [0, 0.05) is 25.7 Å². The number of hydrogen-bond acceptors (Lipinski definition) is 4. The lowest BCUT2D eigenvalue weighted by atomic mass is 10.2. The summed E-state index contributed by atoms with van der Waals surface area (Å²) in [5, 5.41) is 0.415. The Balaban J connectivity index is 1.93. The number of amides is 1. The Hall–Kier alpha value is -3.08. The summed E-state index contributed by atoms with van der Waals surface area (Å²) in [5.41, 5.74) is 1.08. The lowest BCUT2D eigenvalue weighted by Crippen LogP contribution is -2.27. The van der Waals surface area contributed by atoms with Gasteiger partial charge < -0.3 is 14.1 Å². The summed E-state index contributed by atoms with van der Waals surface area (Å²) in [6, 6.07) is 15.8. The average molecular weight is 323 g/mol. The van der Waals surface area contributed by atoms with Crippen molar-refractivity contribution in [3.63, 3.8) is 0 Å². The van der Waals surface area contributed by atoms with Crippen molar-refractivity contribution in [3.8, 4) is 5.75 Å². The van der Waals surface area contributed by atoms with E-state index in [0.29, 0.717) is 23.3 Å². The molecule has 5 nitrogen and oxygen atoms in total. The first-order valence-corrected chi connectivity index (χ1v) is 7.50. The van der Waals surface area contributed by atoms with Gasteiger partial charge in [-0.2, -0.15) is 0 Å². The molecule has 1 aromatic heterocycles. The van der Waals surface area contributed by atoms with Gasteiger partial charge in [-0.3, -0.25) is 9.59 Å². The molecular weight excluding hydrogens is 306 g/mol. The first kappa shape index (κ1) is 15.8. The lowest BCUT2D eigenvalue weighted by molar-refractivity contribution is 0.0754. The molecule has 0 bridgehead atoms. The monoisotopic (exact) mass is 323 g/mol. The molecular formula is C19H17NO4. The van der Waals surface area contributed by atoms with Crippen LogP contribution in [0, 0.1) is 0 Å². The van der Waals surface area contributed by atoms with Gasteiger partial charge in [0.2, 0.25) is 0 Å². The molecule has 122 valence electrons. The van der Waals surface area contributed by atoms with E-state index in [9.17, 15) is 9.59 Å². The zero-order chi connectivity index (χ0) is 17.1. The van der Waals surface area contributed by atoms with E-state index < -0.39 is 0 Å². The van der Waals surface area contributed by atoms with Gasteiger partial charge in [-0.25, -0.2) is 0 Å². The Bertz CT molecular complexity index is 931. The van der Waals surface area contributed by atoms with Crippen LogP contribution in [0.2, 0.25) is 0 Å². The van der Waals surface area contributed by atoms with Crippen molar-refractivity contribution in [1.29, 1.82) is 0 Å². The van der Waals surface area contributed by atoms with Crippen LogP contribution in [0.1, 0.15) is 16.1 Å². The zero-order valence-electron chi connectivity index (χ0n) is 13.5. The molecule has 3 rings (SSSR count). The first-order chi connectivity index (χ1) is 11.6. The molecule has 0 aliphatic carbocycles. The molecule has 0 unspecified atom stereocenters. The molecule has 0 saturated carbocycles. The van der Waals surface area contributed by atoms with Gasteiger partial charge >= 0.3 is 0 Å². The second kappa shape index (κ2) is 6.58. The fourth-order valence-electron chi connectivity index (χ4n) is 2.48. The normalized spacial score (nSPS) is 10.6. The van der Waals surface area contributed by atoms with Crippen LogP contribution in [0.15, 0.2) is 63.8 Å². The summed E-state index contributed by atoms with van der Waals surface area (Å²) in [6.45, 7) is 0.430. The van der Waals surface area contributed by atoms with Crippen LogP contribution >= 0.6 is 0 Å². The number of carbonyl (C=O) groups excluding carboxylic acids is 1. The second-order valence-electron chi connectivity index (χ2n) is 5.48. The Morgan fingerprint density at radius 3 is 2.58 bits per heavy atom. The quantitative estimate of drug-likeness (QED) is 0.740. The summed E-state index contributed by atoms with van der Waals surface area (Å²) in [6.07, 6.45) is 0. The number of fused-ring (bicyclic) bond motifs is 1. The predicted molar refractivity (Wildman–Crippen MR) is 91.3 cm³/mol. The SMILES string of the molecule is COc1ccc2c(=O)cc(C(=O)N(C)Cc3ccccc3)oc2c1. The lowest BCUT2D eigenvalue weighted by Gasteiger charge is -2.16. The van der Waals surface area contributed by atoms with E-state index in [1.807, 2.05) is 30.3 Å². The van der Waals surface area contributed by atoms with Crippen molar-refractivity contribution in [2.45, 2.75) is 6.54 Å². The molecule has 5 heteroatoms. The predicted octanol–water partition coefficient (Wildman–Crippen LogP) is 3.07. The highest BCUT2D eigenvalue weighted by atomic mass is 16.5. The Morgan fingerprint density at radius 2 is 1.88 bits per heavy atom. The number of nitrogens with zero attached hydrogens (tertiary/aromatic N) is 1. The molecule has 0 N–H and O–H groups in total. The maximum atomic E-state index is 12.6. The summed E-state index contributed by atoms with van der Waals surface area (Å²) in [5.74, 6) is 0.229. The van der Waals surface area contributed by atoms with Crippen LogP contribution in [0.25, 0.3) is 11.0 Å². The topological polar surface area (TPSA) is 59.8 Å². The smallest absolute Gasteiger partial charge is 0.289 e. The van der Waals surface area contributed by atoms with E-state index in [1.165, 1.54) is 18.1 Å². The minimum atomic E-state index is -0.347. The van der Waals surface area contributed by atoms with Crippen LogP contribution in [0.3, 0.4) is 0 Å². The number of carbonyl (C=O) groups is 1. The van der Waals surface area contributed by atoms with Gasteiger partial charge in [-0.15, -0.1) is 0 Å². The van der Waals surface area contributed by atoms with Gasteiger partial charge in [0.05, 0.1) is 12.5 Å². The van der Waals surface area contributed by atoms with Crippen LogP contribution in [-0.2, 0) is 6.54 Å². The van der Waals surface area contributed by atoms with Gasteiger partial charge in [0.25, 0.3) is 5.91 Å². The van der Waals surface area contributed by atoms with Gasteiger partial charge in [0.15, 0.2) is 11.2 Å². The van der Waals surface area contributed by atoms with E-state index in [2.05, 4.69) is 0 Å². The summed E-state index contributed by atoms with van der Waals surface area (Å²) in [4.78, 5) is 26.3. The van der Waals surface area contributed by atoms with E-state index in [0.717, 1.165) is 5.56 Å². The third-order valence-electron chi connectivity index (χ3n) is 3.76. The minimum Gasteiger partial charge on any atom is -0.497 e. The number of hydrogen-bond donors (Lipinski definition) is 0. The van der Waals surface area contributed by atoms with Crippen molar-refractivity contribution in [3.05, 3.63) is 76.1 Å². The molecule has 0 fully saturated rings. The van der Waals surface area contributed by atoms with Crippen molar-refractivity contribution >= 4 is 16.9 Å². The maximum Gasteiger partial charge on any atom is 0.289 e. The fraction of sp³-hybridized carbons (Fsp3) is 0.158. The van der Waals surface area contributed by atoms with E-state index in [1.54, 1.807) is 25.2 Å². The Labute approximate surface area is 139 Å². The Kier molecular flexibility index (Phi) is 4.33. The zero-order valence-corrected chi connectivity index (χ0v) is 13.5. The largest absolute Gasteiger partial charge is 0.497 e. The molecule has 0 atom stereocenters. The van der Waals surface area contributed by atoms with Crippen LogP contribution in [0.5, 0.6) is 5.75 Å². The minimum absolute atomic E-state index is 0.0131. The summed E-state index contributed by atoms with van der Waals surface area (Å²) in [7, 11) is 3.20. The number of methoxy groups -OCH3 is 1. The number of ether oxygens (including phenoxy) is 1. The van der Waals surface area contributed by atoms with Gasteiger partial charge in [-0.1, -0.05) is 30.3 Å². The van der Waals surface area contributed by atoms with Gasteiger partial charge in [-0.05, 0) is 17.7 Å². The molecule has 1 heterocycles. The van der Waals surface area contributed by atoms with Gasteiger partial charge in [0.1, 0.15) is 11.3 Å². The third kappa shape index (κ3) is 3.15. The second-order valence-corrected chi connectivity index (χ2v) is 5.48. The van der Waals surface area contributed by atoms with E-state index in [-0.39, 0.29) is 17.1 Å². The van der Waals surface area contributed by atoms with Crippen molar-refractivity contribution in [2.24, 2.45) is 0 Å². The van der Waals surface area contributed by atoms with Crippen molar-refractivity contribution in [1.82, 2.24) is 4.90 Å². The van der Waals surface area contributed by atoms with Crippen LogP contribution < -0.4 is 10.2 Å². The molecule has 0 aliphatic rings. The van der Waals surface area contributed by atoms with Crippen molar-refractivity contribution < 1.29 is 13.9 Å². The standard InChI is InChI=1S/C19H17NO4/c1-20(12-13-6-4-3-5-7-13)19(22)18-11-16(21)15-9-8-14(23-2)10-17(15)24-18/h3-11H,12H2,1-2H3. The fourth-order valence-corrected chi connectivity index (χ4v) is 2.48. The first-order valence-electron chi connectivity index (χ1n) is 7.50. The summed E-state index contributed by atoms with van der Waals surface area (Å²) >= 11 is 0. The Morgan fingerprint density at radius 1 is 1.12 bits per heavy atom. The third-order valence-corrected chi connectivity index (χ3v) is 3.76. The highest BCUT2D eigenvalue weighted by Gasteiger charge is 2.17. The van der Waals surface area contributed by atoms with Crippen molar-refractivity contribution in [2.75, 3.05) is 14.2 Å². The van der Waals surface area contributed by atoms with E-state index >= 15 is 0 Å². The highest BCUT2D eigenvalue weighted by Crippen LogP contribution is 2.20. The summed E-state index contributed by atoms with van der Waals surface area (Å²) < 4.78 is 10.8. The molecule has 0 spiro atoms.